The van der Waals surface area contributed by atoms with Gasteiger partial charge in [0, 0.05) is 18.7 Å². The third-order valence-electron chi connectivity index (χ3n) is 2.32. The molecule has 0 heterocycles. The van der Waals surface area contributed by atoms with E-state index in [2.05, 4.69) is 11.8 Å². The summed E-state index contributed by atoms with van der Waals surface area (Å²) in [5.74, 6) is -0.213. The molecule has 2 nitrogen and oxygen atoms in total. The Bertz CT molecular complexity index is 299. The van der Waals surface area contributed by atoms with Crippen molar-refractivity contribution >= 4 is 0 Å². The van der Waals surface area contributed by atoms with Gasteiger partial charge >= 0.3 is 0 Å². The molecule has 0 aromatic heterocycles. The highest BCUT2D eigenvalue weighted by Gasteiger charge is 2.03. The largest absolute Gasteiger partial charge is 0.326 e. The normalized spacial score (nSPS) is 10.9. The summed E-state index contributed by atoms with van der Waals surface area (Å²) in [6.45, 7) is 4.17. The first kappa shape index (κ1) is 11.1. The van der Waals surface area contributed by atoms with E-state index in [0.29, 0.717) is 5.56 Å². The molecular formula is C11H17FN2. The summed E-state index contributed by atoms with van der Waals surface area (Å²) >= 11 is 0. The number of nitrogens with zero attached hydrogens (tertiary/aromatic N) is 1. The van der Waals surface area contributed by atoms with Gasteiger partial charge in [0.1, 0.15) is 5.82 Å². The van der Waals surface area contributed by atoms with E-state index in [-0.39, 0.29) is 12.4 Å². The lowest BCUT2D eigenvalue weighted by Gasteiger charge is -2.14. The van der Waals surface area contributed by atoms with E-state index >= 15 is 0 Å². The van der Waals surface area contributed by atoms with Gasteiger partial charge in [-0.15, -0.1) is 0 Å². The molecule has 0 fully saturated rings. The summed E-state index contributed by atoms with van der Waals surface area (Å²) in [5, 5.41) is 0. The van der Waals surface area contributed by atoms with Crippen molar-refractivity contribution in [3.8, 4) is 0 Å². The minimum Gasteiger partial charge on any atom is -0.326 e. The SMILES string of the molecule is CCN(C)Cc1ccc(F)c(CN)c1. The van der Waals surface area contributed by atoms with Crippen molar-refractivity contribution in [2.24, 2.45) is 5.73 Å². The van der Waals surface area contributed by atoms with E-state index in [0.717, 1.165) is 18.7 Å². The van der Waals surface area contributed by atoms with Crippen LogP contribution in [0.25, 0.3) is 0 Å². The van der Waals surface area contributed by atoms with Crippen LogP contribution in [0.4, 0.5) is 4.39 Å². The van der Waals surface area contributed by atoms with Crippen LogP contribution < -0.4 is 5.73 Å². The first-order valence-corrected chi connectivity index (χ1v) is 4.83. The molecule has 1 aromatic rings. The Hall–Kier alpha value is -0.930. The zero-order chi connectivity index (χ0) is 10.6. The summed E-state index contributed by atoms with van der Waals surface area (Å²) in [7, 11) is 2.03. The topological polar surface area (TPSA) is 29.3 Å². The van der Waals surface area contributed by atoms with Crippen LogP contribution in [0.3, 0.4) is 0 Å². The van der Waals surface area contributed by atoms with Crippen LogP contribution in [0.5, 0.6) is 0 Å². The van der Waals surface area contributed by atoms with Gasteiger partial charge in [-0.1, -0.05) is 19.1 Å². The third-order valence-corrected chi connectivity index (χ3v) is 2.32. The fraction of sp³-hybridized carbons (Fsp3) is 0.455. The molecule has 0 saturated heterocycles. The maximum absolute atomic E-state index is 13.1. The molecular weight excluding hydrogens is 179 g/mol. The second-order valence-corrected chi connectivity index (χ2v) is 3.46. The van der Waals surface area contributed by atoms with E-state index in [9.17, 15) is 4.39 Å². The van der Waals surface area contributed by atoms with Crippen LogP contribution in [0.1, 0.15) is 18.1 Å². The highest BCUT2D eigenvalue weighted by Crippen LogP contribution is 2.11. The predicted molar refractivity (Wildman–Crippen MR) is 56.3 cm³/mol. The van der Waals surface area contributed by atoms with Crippen molar-refractivity contribution in [2.45, 2.75) is 20.0 Å². The second kappa shape index (κ2) is 5.08. The molecule has 1 rings (SSSR count). The van der Waals surface area contributed by atoms with Gasteiger partial charge in [-0.25, -0.2) is 4.39 Å². The van der Waals surface area contributed by atoms with Crippen LogP contribution in [-0.4, -0.2) is 18.5 Å². The number of hydrogen-bond acceptors (Lipinski definition) is 2. The molecule has 0 aliphatic rings. The zero-order valence-electron chi connectivity index (χ0n) is 8.76. The average Bonchev–Trinajstić information content (AvgIpc) is 2.20. The lowest BCUT2D eigenvalue weighted by molar-refractivity contribution is 0.345. The molecule has 0 aliphatic heterocycles. The third kappa shape index (κ3) is 2.79. The first-order valence-electron chi connectivity index (χ1n) is 4.83. The van der Waals surface area contributed by atoms with Crippen molar-refractivity contribution in [2.75, 3.05) is 13.6 Å². The van der Waals surface area contributed by atoms with Crippen LogP contribution >= 0.6 is 0 Å². The van der Waals surface area contributed by atoms with Crippen molar-refractivity contribution in [1.29, 1.82) is 0 Å². The Morgan fingerprint density at radius 3 is 2.71 bits per heavy atom. The second-order valence-electron chi connectivity index (χ2n) is 3.46. The van der Waals surface area contributed by atoms with E-state index in [1.165, 1.54) is 6.07 Å². The maximum atomic E-state index is 13.1. The minimum atomic E-state index is -0.213. The monoisotopic (exact) mass is 196 g/mol. The van der Waals surface area contributed by atoms with Crippen molar-refractivity contribution in [3.05, 3.63) is 35.1 Å². The molecule has 3 heteroatoms. The summed E-state index contributed by atoms with van der Waals surface area (Å²) in [6.07, 6.45) is 0. The Labute approximate surface area is 84.5 Å². The standard InChI is InChI=1S/C11H17FN2/c1-3-14(2)8-9-4-5-11(12)10(6-9)7-13/h4-6H,3,7-8,13H2,1-2H3. The molecule has 1 aromatic carbocycles. The Balaban J connectivity index is 2.79. The smallest absolute Gasteiger partial charge is 0.127 e. The molecule has 0 aliphatic carbocycles. The van der Waals surface area contributed by atoms with Crippen molar-refractivity contribution in [3.63, 3.8) is 0 Å². The summed E-state index contributed by atoms with van der Waals surface area (Å²) in [6, 6.07) is 5.13. The van der Waals surface area contributed by atoms with Gasteiger partial charge in [0.05, 0.1) is 0 Å². The number of benzene rings is 1. The molecule has 78 valence electrons. The number of rotatable bonds is 4. The average molecular weight is 196 g/mol. The Morgan fingerprint density at radius 2 is 2.14 bits per heavy atom. The molecule has 0 saturated carbocycles. The minimum absolute atomic E-state index is 0.213. The van der Waals surface area contributed by atoms with Gasteiger partial charge in [0.25, 0.3) is 0 Å². The van der Waals surface area contributed by atoms with Crippen molar-refractivity contribution in [1.82, 2.24) is 4.90 Å². The fourth-order valence-corrected chi connectivity index (χ4v) is 1.31. The van der Waals surface area contributed by atoms with E-state index < -0.39 is 0 Å². The van der Waals surface area contributed by atoms with Crippen LogP contribution in [0.15, 0.2) is 18.2 Å². The lowest BCUT2D eigenvalue weighted by atomic mass is 10.1. The van der Waals surface area contributed by atoms with Crippen molar-refractivity contribution < 1.29 is 4.39 Å². The molecule has 0 amide bonds. The molecule has 0 atom stereocenters. The predicted octanol–water partition coefficient (Wildman–Crippen LogP) is 1.74. The highest BCUT2D eigenvalue weighted by atomic mass is 19.1. The zero-order valence-corrected chi connectivity index (χ0v) is 8.76. The summed E-state index contributed by atoms with van der Waals surface area (Å²) < 4.78 is 13.1. The van der Waals surface area contributed by atoms with E-state index in [1.807, 2.05) is 13.1 Å². The Kier molecular flexibility index (Phi) is 4.04. The number of nitrogens with two attached hydrogens (primary N) is 1. The summed E-state index contributed by atoms with van der Waals surface area (Å²) in [5.41, 5.74) is 7.13. The molecule has 0 bridgehead atoms. The van der Waals surface area contributed by atoms with Gasteiger partial charge in [0.2, 0.25) is 0 Å². The lowest BCUT2D eigenvalue weighted by Crippen LogP contribution is -2.17. The maximum Gasteiger partial charge on any atom is 0.127 e. The van der Waals surface area contributed by atoms with Crippen LogP contribution in [0.2, 0.25) is 0 Å². The fourth-order valence-electron chi connectivity index (χ4n) is 1.31. The number of hydrogen-bond donors (Lipinski definition) is 1. The molecule has 2 N–H and O–H groups in total. The quantitative estimate of drug-likeness (QED) is 0.794. The van der Waals surface area contributed by atoms with Gasteiger partial charge in [-0.05, 0) is 25.2 Å². The highest BCUT2D eigenvalue weighted by molar-refractivity contribution is 5.24. The Morgan fingerprint density at radius 1 is 1.43 bits per heavy atom. The van der Waals surface area contributed by atoms with E-state index in [1.54, 1.807) is 6.07 Å². The van der Waals surface area contributed by atoms with Gasteiger partial charge < -0.3 is 10.6 Å². The molecule has 0 unspecified atom stereocenters. The molecule has 0 spiro atoms. The van der Waals surface area contributed by atoms with Gasteiger partial charge in [0.15, 0.2) is 0 Å². The molecule has 14 heavy (non-hydrogen) atoms. The molecule has 0 radical (unpaired) electrons. The first-order chi connectivity index (χ1) is 6.67. The van der Waals surface area contributed by atoms with Crippen LogP contribution in [-0.2, 0) is 13.1 Å². The van der Waals surface area contributed by atoms with Gasteiger partial charge in [-0.3, -0.25) is 0 Å². The summed E-state index contributed by atoms with van der Waals surface area (Å²) in [4.78, 5) is 2.16. The van der Waals surface area contributed by atoms with Gasteiger partial charge in [-0.2, -0.15) is 0 Å². The number of halogens is 1. The van der Waals surface area contributed by atoms with E-state index in [4.69, 9.17) is 5.73 Å². The van der Waals surface area contributed by atoms with Crippen LogP contribution in [0, 0.1) is 5.82 Å².